The maximum absolute atomic E-state index is 12.5. The fraction of sp³-hybridized carbons (Fsp3) is 0.115. The summed E-state index contributed by atoms with van der Waals surface area (Å²) >= 11 is 0. The lowest BCUT2D eigenvalue weighted by molar-refractivity contribution is 0.0951. The zero-order valence-electron chi connectivity index (χ0n) is 18.3. The Labute approximate surface area is 192 Å². The average Bonchev–Trinajstić information content (AvgIpc) is 2.88. The first kappa shape index (κ1) is 21.8. The van der Waals surface area contributed by atoms with E-state index in [2.05, 4.69) is 15.3 Å². The molecule has 0 atom stereocenters. The van der Waals surface area contributed by atoms with Gasteiger partial charge in [-0.2, -0.15) is 0 Å². The quantitative estimate of drug-likeness (QED) is 0.420. The Morgan fingerprint density at radius 1 is 0.818 bits per heavy atom. The Hall–Kier alpha value is -4.39. The van der Waals surface area contributed by atoms with Gasteiger partial charge in [-0.3, -0.25) is 4.79 Å². The largest absolute Gasteiger partial charge is 0.497 e. The summed E-state index contributed by atoms with van der Waals surface area (Å²) < 4.78 is 16.2. The fourth-order valence-electron chi connectivity index (χ4n) is 3.18. The van der Waals surface area contributed by atoms with Gasteiger partial charge in [-0.15, -0.1) is 0 Å². The van der Waals surface area contributed by atoms with Crippen LogP contribution in [0.1, 0.15) is 15.9 Å². The monoisotopic (exact) mass is 441 g/mol. The van der Waals surface area contributed by atoms with Crippen molar-refractivity contribution in [1.29, 1.82) is 0 Å². The van der Waals surface area contributed by atoms with Gasteiger partial charge in [0.25, 0.3) is 5.91 Å². The van der Waals surface area contributed by atoms with Crippen LogP contribution in [0.15, 0.2) is 85.2 Å². The van der Waals surface area contributed by atoms with Gasteiger partial charge in [0.1, 0.15) is 23.6 Å². The summed E-state index contributed by atoms with van der Waals surface area (Å²) in [4.78, 5) is 21.0. The number of nitrogens with one attached hydrogen (secondary N) is 1. The lowest BCUT2D eigenvalue weighted by atomic mass is 10.1. The van der Waals surface area contributed by atoms with Gasteiger partial charge < -0.3 is 19.5 Å². The van der Waals surface area contributed by atoms with Crippen molar-refractivity contribution in [2.45, 2.75) is 6.54 Å². The molecule has 166 valence electrons. The molecule has 0 saturated heterocycles. The smallest absolute Gasteiger partial charge is 0.251 e. The Balaban J connectivity index is 1.40. The van der Waals surface area contributed by atoms with Crippen molar-refractivity contribution < 1.29 is 19.0 Å². The molecule has 0 bridgehead atoms. The van der Waals surface area contributed by atoms with Crippen LogP contribution in [0.3, 0.4) is 0 Å². The third-order valence-corrected chi connectivity index (χ3v) is 4.95. The second kappa shape index (κ2) is 10.3. The molecular weight excluding hydrogens is 418 g/mol. The van der Waals surface area contributed by atoms with Gasteiger partial charge in [0.05, 0.1) is 19.9 Å². The van der Waals surface area contributed by atoms with Crippen molar-refractivity contribution >= 4 is 5.91 Å². The van der Waals surface area contributed by atoms with Crippen LogP contribution in [0.5, 0.6) is 23.1 Å². The van der Waals surface area contributed by atoms with Crippen LogP contribution in [-0.4, -0.2) is 30.1 Å². The number of amides is 1. The highest BCUT2D eigenvalue weighted by Gasteiger charge is 2.09. The first-order valence-corrected chi connectivity index (χ1v) is 10.3. The first-order valence-electron chi connectivity index (χ1n) is 10.3. The van der Waals surface area contributed by atoms with E-state index in [1.54, 1.807) is 44.6 Å². The van der Waals surface area contributed by atoms with Crippen LogP contribution >= 0.6 is 0 Å². The van der Waals surface area contributed by atoms with Gasteiger partial charge in [-0.1, -0.05) is 24.3 Å². The summed E-state index contributed by atoms with van der Waals surface area (Å²) in [5.41, 5.74) is 3.06. The molecule has 0 unspecified atom stereocenters. The molecule has 33 heavy (non-hydrogen) atoms. The van der Waals surface area contributed by atoms with Gasteiger partial charge in [0.15, 0.2) is 0 Å². The number of carbonyl (C=O) groups excluding carboxylic acids is 1. The Morgan fingerprint density at radius 3 is 2.27 bits per heavy atom. The van der Waals surface area contributed by atoms with Crippen molar-refractivity contribution in [2.75, 3.05) is 14.2 Å². The van der Waals surface area contributed by atoms with Gasteiger partial charge in [0, 0.05) is 23.7 Å². The molecule has 0 radical (unpaired) electrons. The van der Waals surface area contributed by atoms with E-state index in [-0.39, 0.29) is 5.91 Å². The number of ether oxygens (including phenoxy) is 3. The molecule has 0 saturated carbocycles. The van der Waals surface area contributed by atoms with E-state index in [1.807, 2.05) is 48.5 Å². The molecule has 0 aliphatic rings. The number of nitrogens with zero attached hydrogens (tertiary/aromatic N) is 2. The summed E-state index contributed by atoms with van der Waals surface area (Å²) in [7, 11) is 3.23. The Bertz CT molecular complexity index is 1230. The molecule has 1 N–H and O–H groups in total. The third kappa shape index (κ3) is 5.65. The molecule has 0 aliphatic carbocycles. The average molecular weight is 441 g/mol. The molecule has 3 aromatic carbocycles. The fourth-order valence-corrected chi connectivity index (χ4v) is 3.18. The highest BCUT2D eigenvalue weighted by molar-refractivity contribution is 5.94. The van der Waals surface area contributed by atoms with Crippen LogP contribution in [0.4, 0.5) is 0 Å². The van der Waals surface area contributed by atoms with Crippen LogP contribution < -0.4 is 19.5 Å². The van der Waals surface area contributed by atoms with E-state index < -0.39 is 0 Å². The molecule has 0 aliphatic heterocycles. The predicted molar refractivity (Wildman–Crippen MR) is 125 cm³/mol. The maximum Gasteiger partial charge on any atom is 0.251 e. The minimum absolute atomic E-state index is 0.157. The van der Waals surface area contributed by atoms with E-state index in [4.69, 9.17) is 14.2 Å². The minimum atomic E-state index is -0.157. The Morgan fingerprint density at radius 2 is 1.55 bits per heavy atom. The molecule has 1 amide bonds. The summed E-state index contributed by atoms with van der Waals surface area (Å²) in [6.07, 6.45) is 1.45. The molecule has 1 aromatic heterocycles. The zero-order valence-corrected chi connectivity index (χ0v) is 18.3. The van der Waals surface area contributed by atoms with Gasteiger partial charge in [-0.05, 0) is 54.1 Å². The molecule has 0 spiro atoms. The highest BCUT2D eigenvalue weighted by atomic mass is 16.5. The summed E-state index contributed by atoms with van der Waals surface area (Å²) in [5.74, 6) is 2.41. The lowest BCUT2D eigenvalue weighted by Gasteiger charge is -2.09. The summed E-state index contributed by atoms with van der Waals surface area (Å²) in [5, 5.41) is 2.92. The van der Waals surface area contributed by atoms with Crippen LogP contribution in [-0.2, 0) is 6.54 Å². The van der Waals surface area contributed by atoms with Crippen LogP contribution in [0.2, 0.25) is 0 Å². The van der Waals surface area contributed by atoms with Crippen LogP contribution in [0, 0.1) is 0 Å². The number of hydrogen-bond donors (Lipinski definition) is 1. The molecule has 0 fully saturated rings. The molecule has 4 rings (SSSR count). The normalized spacial score (nSPS) is 10.4. The van der Waals surface area contributed by atoms with E-state index in [9.17, 15) is 4.79 Å². The summed E-state index contributed by atoms with van der Waals surface area (Å²) in [6, 6.07) is 23.8. The lowest BCUT2D eigenvalue weighted by Crippen LogP contribution is -2.22. The standard InChI is InChI=1S/C26H23N3O4/c1-31-21-10-12-22(13-11-21)33-25-15-24(28-17-29-25)19-6-8-20(9-7-19)26(30)27-16-18-4-3-5-23(14-18)32-2/h3-15,17H,16H2,1-2H3,(H,27,30). The Kier molecular flexibility index (Phi) is 6.80. The van der Waals surface area contributed by atoms with Gasteiger partial charge >= 0.3 is 0 Å². The molecular formula is C26H23N3O4. The van der Waals surface area contributed by atoms with Crippen LogP contribution in [0.25, 0.3) is 11.3 Å². The van der Waals surface area contributed by atoms with Crippen molar-refractivity contribution in [2.24, 2.45) is 0 Å². The molecule has 4 aromatic rings. The minimum Gasteiger partial charge on any atom is -0.497 e. The van der Waals surface area contributed by atoms with Gasteiger partial charge in [-0.25, -0.2) is 9.97 Å². The maximum atomic E-state index is 12.5. The summed E-state index contributed by atoms with van der Waals surface area (Å²) in [6.45, 7) is 0.412. The van der Waals surface area contributed by atoms with Crippen molar-refractivity contribution in [3.8, 4) is 34.4 Å². The van der Waals surface area contributed by atoms with Crippen molar-refractivity contribution in [1.82, 2.24) is 15.3 Å². The van der Waals surface area contributed by atoms with Crippen molar-refractivity contribution in [3.05, 3.63) is 96.3 Å². The number of methoxy groups -OCH3 is 2. The van der Waals surface area contributed by atoms with Gasteiger partial charge in [0.2, 0.25) is 5.88 Å². The number of carbonyl (C=O) groups is 1. The topological polar surface area (TPSA) is 82.6 Å². The SMILES string of the molecule is COc1ccc(Oc2cc(-c3ccc(C(=O)NCc4cccc(OC)c4)cc3)ncn2)cc1. The zero-order chi connectivity index (χ0) is 23.0. The second-order valence-corrected chi connectivity index (χ2v) is 7.13. The number of benzene rings is 3. The predicted octanol–water partition coefficient (Wildman–Crippen LogP) is 4.88. The number of hydrogen-bond acceptors (Lipinski definition) is 6. The second-order valence-electron chi connectivity index (χ2n) is 7.13. The molecule has 7 nitrogen and oxygen atoms in total. The van der Waals surface area contributed by atoms with E-state index in [0.29, 0.717) is 29.4 Å². The molecule has 7 heteroatoms. The molecule has 1 heterocycles. The van der Waals surface area contributed by atoms with Crippen molar-refractivity contribution in [3.63, 3.8) is 0 Å². The third-order valence-electron chi connectivity index (χ3n) is 4.95. The number of aromatic nitrogens is 2. The first-order chi connectivity index (χ1) is 16.1. The van der Waals surface area contributed by atoms with E-state index in [1.165, 1.54) is 6.33 Å². The number of rotatable bonds is 8. The van der Waals surface area contributed by atoms with E-state index >= 15 is 0 Å². The van der Waals surface area contributed by atoms with E-state index in [0.717, 1.165) is 22.6 Å². The highest BCUT2D eigenvalue weighted by Crippen LogP contribution is 2.25.